The quantitative estimate of drug-likeness (QED) is 0.700. The van der Waals surface area contributed by atoms with E-state index in [1.54, 1.807) is 17.0 Å². The Morgan fingerprint density at radius 1 is 1.11 bits per heavy atom. The van der Waals surface area contributed by atoms with Crippen molar-refractivity contribution >= 4 is 34.5 Å². The van der Waals surface area contributed by atoms with E-state index >= 15 is 0 Å². The van der Waals surface area contributed by atoms with Crippen LogP contribution in [0.25, 0.3) is 0 Å². The average molecular weight is 394 g/mol. The Hall–Kier alpha value is -2.99. The maximum Gasteiger partial charge on any atom is 0.268 e. The third-order valence-corrected chi connectivity index (χ3v) is 5.60. The summed E-state index contributed by atoms with van der Waals surface area (Å²) in [5, 5.41) is 4.77. The highest BCUT2D eigenvalue weighted by molar-refractivity contribution is 7.12. The minimum absolute atomic E-state index is 0.00858. The standard InChI is InChI=1S/C22H19FN2O2S/c23-17-8-5-15(6-9-17)13-21(26)24-18-10-7-16-3-1-11-25(19(16)14-18)22(27)20-4-2-12-28-20/h2,4-10,12,14H,1,3,11,13H2,(H,24,26). The lowest BCUT2D eigenvalue weighted by Gasteiger charge is -2.29. The van der Waals surface area contributed by atoms with Crippen molar-refractivity contribution in [3.05, 3.63) is 81.8 Å². The second-order valence-corrected chi connectivity index (χ2v) is 7.68. The van der Waals surface area contributed by atoms with Crippen molar-refractivity contribution in [2.75, 3.05) is 16.8 Å². The number of aryl methyl sites for hydroxylation is 1. The van der Waals surface area contributed by atoms with Crippen molar-refractivity contribution in [1.82, 2.24) is 0 Å². The molecule has 1 aromatic heterocycles. The molecule has 1 aliphatic heterocycles. The third-order valence-electron chi connectivity index (χ3n) is 4.74. The van der Waals surface area contributed by atoms with Crippen LogP contribution in [0.5, 0.6) is 0 Å². The van der Waals surface area contributed by atoms with Gasteiger partial charge in [-0.2, -0.15) is 0 Å². The van der Waals surface area contributed by atoms with Gasteiger partial charge in [0.05, 0.1) is 11.3 Å². The maximum absolute atomic E-state index is 13.0. The Labute approximate surface area is 166 Å². The van der Waals surface area contributed by atoms with Gasteiger partial charge < -0.3 is 10.2 Å². The van der Waals surface area contributed by atoms with Gasteiger partial charge in [0.2, 0.25) is 5.91 Å². The second-order valence-electron chi connectivity index (χ2n) is 6.73. The molecule has 0 unspecified atom stereocenters. The largest absolute Gasteiger partial charge is 0.326 e. The van der Waals surface area contributed by atoms with Crippen LogP contribution < -0.4 is 10.2 Å². The van der Waals surface area contributed by atoms with Crippen molar-refractivity contribution in [3.63, 3.8) is 0 Å². The first-order valence-corrected chi connectivity index (χ1v) is 10.0. The van der Waals surface area contributed by atoms with Gasteiger partial charge in [0, 0.05) is 17.9 Å². The zero-order chi connectivity index (χ0) is 19.5. The van der Waals surface area contributed by atoms with E-state index in [-0.39, 0.29) is 24.1 Å². The number of anilines is 2. The van der Waals surface area contributed by atoms with Crippen molar-refractivity contribution in [2.24, 2.45) is 0 Å². The van der Waals surface area contributed by atoms with Crippen molar-refractivity contribution in [3.8, 4) is 0 Å². The van der Waals surface area contributed by atoms with Crippen molar-refractivity contribution < 1.29 is 14.0 Å². The number of hydrogen-bond donors (Lipinski definition) is 1. The Bertz CT molecular complexity index is 1000. The number of rotatable bonds is 4. The van der Waals surface area contributed by atoms with Gasteiger partial charge >= 0.3 is 0 Å². The van der Waals surface area contributed by atoms with Gasteiger partial charge in [-0.25, -0.2) is 4.39 Å². The molecule has 28 heavy (non-hydrogen) atoms. The van der Waals surface area contributed by atoms with E-state index in [1.807, 2.05) is 35.7 Å². The van der Waals surface area contributed by atoms with Gasteiger partial charge in [-0.1, -0.05) is 24.3 Å². The van der Waals surface area contributed by atoms with Crippen LogP contribution >= 0.6 is 11.3 Å². The SMILES string of the molecule is O=C(Cc1ccc(F)cc1)Nc1ccc2c(c1)N(C(=O)c1cccs1)CCC2. The molecule has 2 aromatic carbocycles. The Balaban J connectivity index is 1.52. The number of carbonyl (C=O) groups excluding carboxylic acids is 2. The summed E-state index contributed by atoms with van der Waals surface area (Å²) < 4.78 is 13.0. The molecule has 3 aromatic rings. The molecular weight excluding hydrogens is 375 g/mol. The Morgan fingerprint density at radius 3 is 2.68 bits per heavy atom. The second kappa shape index (κ2) is 7.94. The maximum atomic E-state index is 13.0. The number of fused-ring (bicyclic) bond motifs is 1. The number of benzene rings is 2. The van der Waals surface area contributed by atoms with E-state index < -0.39 is 0 Å². The van der Waals surface area contributed by atoms with Crippen molar-refractivity contribution in [1.29, 1.82) is 0 Å². The van der Waals surface area contributed by atoms with Gasteiger partial charge in [-0.15, -0.1) is 11.3 Å². The fourth-order valence-corrected chi connectivity index (χ4v) is 4.06. The summed E-state index contributed by atoms with van der Waals surface area (Å²) in [6.45, 7) is 0.663. The van der Waals surface area contributed by atoms with E-state index in [4.69, 9.17) is 0 Å². The first-order valence-electron chi connectivity index (χ1n) is 9.13. The lowest BCUT2D eigenvalue weighted by molar-refractivity contribution is -0.115. The minimum Gasteiger partial charge on any atom is -0.326 e. The lowest BCUT2D eigenvalue weighted by Crippen LogP contribution is -2.35. The Kier molecular flexibility index (Phi) is 5.21. The van der Waals surface area contributed by atoms with Crippen LogP contribution in [0, 0.1) is 5.82 Å². The molecule has 0 fully saturated rings. The molecule has 142 valence electrons. The summed E-state index contributed by atoms with van der Waals surface area (Å²) in [7, 11) is 0. The summed E-state index contributed by atoms with van der Waals surface area (Å²) >= 11 is 1.43. The fraction of sp³-hybridized carbons (Fsp3) is 0.182. The summed E-state index contributed by atoms with van der Waals surface area (Å²) in [6, 6.07) is 15.3. The number of carbonyl (C=O) groups is 2. The molecule has 2 amide bonds. The van der Waals surface area contributed by atoms with Crippen LogP contribution in [-0.2, 0) is 17.6 Å². The summed E-state index contributed by atoms with van der Waals surface area (Å²) in [5.74, 6) is -0.515. The number of hydrogen-bond acceptors (Lipinski definition) is 3. The number of amides is 2. The predicted octanol–water partition coefficient (Wildman–Crippen LogP) is 4.66. The smallest absolute Gasteiger partial charge is 0.268 e. The van der Waals surface area contributed by atoms with Crippen LogP contribution in [0.4, 0.5) is 15.8 Å². The molecule has 0 atom stereocenters. The highest BCUT2D eigenvalue weighted by atomic mass is 32.1. The first kappa shape index (κ1) is 18.4. The number of halogens is 1. The molecule has 0 saturated carbocycles. The minimum atomic E-state index is -0.325. The molecule has 0 bridgehead atoms. The zero-order valence-electron chi connectivity index (χ0n) is 15.2. The fourth-order valence-electron chi connectivity index (χ4n) is 3.39. The van der Waals surface area contributed by atoms with E-state index in [2.05, 4.69) is 5.32 Å². The Morgan fingerprint density at radius 2 is 1.93 bits per heavy atom. The first-order chi connectivity index (χ1) is 13.6. The van der Waals surface area contributed by atoms with Crippen molar-refractivity contribution in [2.45, 2.75) is 19.3 Å². The molecule has 0 aliphatic carbocycles. The van der Waals surface area contributed by atoms with E-state index in [1.165, 1.54) is 23.5 Å². The number of thiophene rings is 1. The average Bonchev–Trinajstić information content (AvgIpc) is 3.23. The van der Waals surface area contributed by atoms with Crippen LogP contribution in [-0.4, -0.2) is 18.4 Å². The lowest BCUT2D eigenvalue weighted by atomic mass is 10.0. The monoisotopic (exact) mass is 394 g/mol. The third kappa shape index (κ3) is 3.97. The van der Waals surface area contributed by atoms with Crippen LogP contribution in [0.15, 0.2) is 60.0 Å². The van der Waals surface area contributed by atoms with Crippen LogP contribution in [0.2, 0.25) is 0 Å². The highest BCUT2D eigenvalue weighted by Crippen LogP contribution is 2.32. The van der Waals surface area contributed by atoms with Gasteiger partial charge in [-0.05, 0) is 59.7 Å². The molecule has 0 saturated heterocycles. The van der Waals surface area contributed by atoms with E-state index in [0.29, 0.717) is 17.1 Å². The normalized spacial score (nSPS) is 13.1. The van der Waals surface area contributed by atoms with Crippen LogP contribution in [0.1, 0.15) is 27.2 Å². The summed E-state index contributed by atoms with van der Waals surface area (Å²) in [6.07, 6.45) is 1.99. The summed E-state index contributed by atoms with van der Waals surface area (Å²) in [5.41, 5.74) is 3.35. The van der Waals surface area contributed by atoms with E-state index in [9.17, 15) is 14.0 Å². The topological polar surface area (TPSA) is 49.4 Å². The van der Waals surface area contributed by atoms with Gasteiger partial charge in [0.15, 0.2) is 0 Å². The highest BCUT2D eigenvalue weighted by Gasteiger charge is 2.24. The van der Waals surface area contributed by atoms with E-state index in [0.717, 1.165) is 29.7 Å². The molecule has 1 N–H and O–H groups in total. The zero-order valence-corrected chi connectivity index (χ0v) is 16.0. The number of nitrogens with zero attached hydrogens (tertiary/aromatic N) is 1. The molecule has 1 aliphatic rings. The molecule has 4 nitrogen and oxygen atoms in total. The van der Waals surface area contributed by atoms with Gasteiger partial charge in [-0.3, -0.25) is 9.59 Å². The molecular formula is C22H19FN2O2S. The predicted molar refractivity (Wildman–Crippen MR) is 109 cm³/mol. The molecule has 2 heterocycles. The molecule has 0 radical (unpaired) electrons. The van der Waals surface area contributed by atoms with Gasteiger partial charge in [0.25, 0.3) is 5.91 Å². The number of nitrogens with one attached hydrogen (secondary N) is 1. The van der Waals surface area contributed by atoms with Gasteiger partial charge in [0.1, 0.15) is 5.82 Å². The molecule has 6 heteroatoms. The van der Waals surface area contributed by atoms with Crippen LogP contribution in [0.3, 0.4) is 0 Å². The molecule has 0 spiro atoms. The summed E-state index contributed by atoms with van der Waals surface area (Å²) in [4.78, 5) is 27.7. The molecule has 4 rings (SSSR count).